The zero-order valence-electron chi connectivity index (χ0n) is 16.5. The zero-order valence-corrected chi connectivity index (χ0v) is 16.5. The minimum Gasteiger partial charge on any atom is -0.508 e. The van der Waals surface area contributed by atoms with Crippen molar-refractivity contribution in [3.05, 3.63) is 77.0 Å². The molecule has 0 spiro atoms. The third-order valence-electron chi connectivity index (χ3n) is 5.87. The first-order valence-electron chi connectivity index (χ1n) is 9.72. The number of esters is 1. The monoisotopic (exact) mass is 389 g/mol. The standard InChI is InChI=1S/C24H23NO4/c1-14-21(24(28)29-2)22(16-8-10-18(26)11-9-16)23-19(25-14)12-17(13-20(23)27)15-6-4-3-5-7-15/h3-11,17,21-22,26H,12-13H2,1-2H3/t17-,21?,22-/m0/s1. The van der Waals surface area contributed by atoms with E-state index in [1.165, 1.54) is 7.11 Å². The van der Waals surface area contributed by atoms with Crippen LogP contribution in [0.4, 0.5) is 0 Å². The van der Waals surface area contributed by atoms with Gasteiger partial charge in [-0.2, -0.15) is 0 Å². The lowest BCUT2D eigenvalue weighted by Gasteiger charge is -2.36. The highest BCUT2D eigenvalue weighted by atomic mass is 16.5. The Balaban J connectivity index is 1.81. The molecule has 1 unspecified atom stereocenters. The van der Waals surface area contributed by atoms with Gasteiger partial charge >= 0.3 is 5.97 Å². The Bertz CT molecular complexity index is 1000. The number of aromatic hydroxyl groups is 1. The molecule has 1 aliphatic heterocycles. The number of aliphatic imine (C=N–C) groups is 1. The van der Waals surface area contributed by atoms with E-state index in [-0.39, 0.29) is 17.5 Å². The molecule has 0 aromatic heterocycles. The minimum absolute atomic E-state index is 0.0170. The molecule has 0 saturated carbocycles. The Morgan fingerprint density at radius 3 is 2.38 bits per heavy atom. The predicted octanol–water partition coefficient (Wildman–Crippen LogP) is 4.14. The zero-order chi connectivity index (χ0) is 20.5. The number of ether oxygens (including phenoxy) is 1. The van der Waals surface area contributed by atoms with Gasteiger partial charge in [0, 0.05) is 29.3 Å². The van der Waals surface area contributed by atoms with Crippen LogP contribution >= 0.6 is 0 Å². The number of rotatable bonds is 3. The van der Waals surface area contributed by atoms with E-state index in [0.29, 0.717) is 24.1 Å². The summed E-state index contributed by atoms with van der Waals surface area (Å²) in [5.74, 6) is -1.29. The van der Waals surface area contributed by atoms with Crippen LogP contribution in [0.15, 0.2) is 70.9 Å². The highest BCUT2D eigenvalue weighted by Crippen LogP contribution is 2.46. The number of hydrogen-bond donors (Lipinski definition) is 1. The van der Waals surface area contributed by atoms with Crippen LogP contribution < -0.4 is 0 Å². The molecule has 0 bridgehead atoms. The quantitative estimate of drug-likeness (QED) is 0.801. The number of ketones is 1. The molecule has 5 nitrogen and oxygen atoms in total. The van der Waals surface area contributed by atoms with Crippen molar-refractivity contribution in [3.63, 3.8) is 0 Å². The molecule has 1 N–H and O–H groups in total. The molecule has 148 valence electrons. The lowest BCUT2D eigenvalue weighted by molar-refractivity contribution is -0.143. The normalized spacial score (nSPS) is 24.0. The van der Waals surface area contributed by atoms with Gasteiger partial charge in [0.15, 0.2) is 5.78 Å². The van der Waals surface area contributed by atoms with Crippen LogP contribution in [0.25, 0.3) is 0 Å². The summed E-state index contributed by atoms with van der Waals surface area (Å²) in [5, 5.41) is 9.68. The first-order chi connectivity index (χ1) is 14.0. The molecule has 1 aliphatic carbocycles. The summed E-state index contributed by atoms with van der Waals surface area (Å²) in [7, 11) is 1.35. The third-order valence-corrected chi connectivity index (χ3v) is 5.87. The molecule has 2 aromatic carbocycles. The van der Waals surface area contributed by atoms with Crippen LogP contribution in [-0.4, -0.2) is 29.7 Å². The van der Waals surface area contributed by atoms with Crippen LogP contribution in [0.2, 0.25) is 0 Å². The van der Waals surface area contributed by atoms with Gasteiger partial charge in [0.25, 0.3) is 0 Å². The second-order valence-corrected chi connectivity index (χ2v) is 7.62. The highest BCUT2D eigenvalue weighted by molar-refractivity contribution is 6.09. The second kappa shape index (κ2) is 7.66. The third kappa shape index (κ3) is 3.48. The molecule has 0 radical (unpaired) electrons. The van der Waals surface area contributed by atoms with Gasteiger partial charge in [-0.15, -0.1) is 0 Å². The molecule has 0 saturated heterocycles. The SMILES string of the molecule is COC(=O)C1C(C)=NC2=C(C(=O)C[C@@H](c3ccccc3)C2)[C@H]1c1ccc(O)cc1. The maximum Gasteiger partial charge on any atom is 0.315 e. The molecule has 5 heteroatoms. The summed E-state index contributed by atoms with van der Waals surface area (Å²) in [5.41, 5.74) is 3.92. The number of carbonyl (C=O) groups excluding carboxylic acids is 2. The van der Waals surface area contributed by atoms with Gasteiger partial charge in [0.1, 0.15) is 11.7 Å². The summed E-state index contributed by atoms with van der Waals surface area (Å²) in [6.45, 7) is 1.81. The van der Waals surface area contributed by atoms with Crippen LogP contribution in [0.1, 0.15) is 42.7 Å². The number of carbonyl (C=O) groups is 2. The Morgan fingerprint density at radius 2 is 1.72 bits per heavy atom. The number of phenolic OH excluding ortho intramolecular Hbond substituents is 1. The van der Waals surface area contributed by atoms with E-state index in [1.54, 1.807) is 24.3 Å². The highest BCUT2D eigenvalue weighted by Gasteiger charge is 2.44. The predicted molar refractivity (Wildman–Crippen MR) is 110 cm³/mol. The summed E-state index contributed by atoms with van der Waals surface area (Å²) in [6.07, 6.45) is 1.05. The summed E-state index contributed by atoms with van der Waals surface area (Å²) in [4.78, 5) is 30.6. The largest absolute Gasteiger partial charge is 0.508 e. The average Bonchev–Trinajstić information content (AvgIpc) is 2.73. The van der Waals surface area contributed by atoms with E-state index in [1.807, 2.05) is 37.3 Å². The Morgan fingerprint density at radius 1 is 1.03 bits per heavy atom. The second-order valence-electron chi connectivity index (χ2n) is 7.62. The van der Waals surface area contributed by atoms with E-state index < -0.39 is 17.8 Å². The Hall–Kier alpha value is -3.21. The fourth-order valence-electron chi connectivity index (χ4n) is 4.49. The lowest BCUT2D eigenvalue weighted by atomic mass is 9.69. The molecule has 0 fully saturated rings. The van der Waals surface area contributed by atoms with Crippen molar-refractivity contribution >= 4 is 17.5 Å². The number of nitrogens with zero attached hydrogens (tertiary/aromatic N) is 1. The van der Waals surface area contributed by atoms with Gasteiger partial charge in [-0.05, 0) is 42.5 Å². The number of allylic oxidation sites excluding steroid dienone is 2. The molecule has 3 atom stereocenters. The van der Waals surface area contributed by atoms with Gasteiger partial charge in [0.2, 0.25) is 0 Å². The van der Waals surface area contributed by atoms with Crippen molar-refractivity contribution in [1.82, 2.24) is 0 Å². The van der Waals surface area contributed by atoms with Crippen LogP contribution in [0, 0.1) is 5.92 Å². The van der Waals surface area contributed by atoms with Gasteiger partial charge in [-0.3, -0.25) is 14.6 Å². The number of methoxy groups -OCH3 is 1. The van der Waals surface area contributed by atoms with Crippen molar-refractivity contribution < 1.29 is 19.4 Å². The molecule has 0 amide bonds. The molecular weight excluding hydrogens is 366 g/mol. The van der Waals surface area contributed by atoms with Crippen molar-refractivity contribution in [2.75, 3.05) is 7.11 Å². The van der Waals surface area contributed by atoms with E-state index in [9.17, 15) is 14.7 Å². The average molecular weight is 389 g/mol. The number of benzene rings is 2. The van der Waals surface area contributed by atoms with E-state index >= 15 is 0 Å². The smallest absolute Gasteiger partial charge is 0.315 e. The van der Waals surface area contributed by atoms with Gasteiger partial charge in [0.05, 0.1) is 7.11 Å². The molecule has 29 heavy (non-hydrogen) atoms. The van der Waals surface area contributed by atoms with Crippen molar-refractivity contribution in [3.8, 4) is 5.75 Å². The van der Waals surface area contributed by atoms with Crippen molar-refractivity contribution in [2.45, 2.75) is 31.6 Å². The summed E-state index contributed by atoms with van der Waals surface area (Å²) >= 11 is 0. The van der Waals surface area contributed by atoms with Crippen molar-refractivity contribution in [2.24, 2.45) is 10.9 Å². The van der Waals surface area contributed by atoms with Crippen LogP contribution in [-0.2, 0) is 14.3 Å². The number of hydrogen-bond acceptors (Lipinski definition) is 5. The van der Waals surface area contributed by atoms with E-state index in [4.69, 9.17) is 9.73 Å². The lowest BCUT2D eigenvalue weighted by Crippen LogP contribution is -2.37. The first kappa shape index (κ1) is 19.1. The molecule has 2 aliphatic rings. The molecule has 4 rings (SSSR count). The van der Waals surface area contributed by atoms with Gasteiger partial charge < -0.3 is 9.84 Å². The van der Waals surface area contributed by atoms with Crippen molar-refractivity contribution in [1.29, 1.82) is 0 Å². The molecule has 2 aromatic rings. The summed E-state index contributed by atoms with van der Waals surface area (Å²) < 4.78 is 5.04. The molecular formula is C24H23NO4. The van der Waals surface area contributed by atoms with E-state index in [2.05, 4.69) is 0 Å². The maximum atomic E-state index is 13.3. The fraction of sp³-hybridized carbons (Fsp3) is 0.292. The molecule has 1 heterocycles. The Kier molecular flexibility index (Phi) is 5.05. The Labute approximate surface area is 169 Å². The topological polar surface area (TPSA) is 76.0 Å². The van der Waals surface area contributed by atoms with Gasteiger partial charge in [-0.25, -0.2) is 0 Å². The number of Topliss-reactive ketones (excluding diaryl/α,β-unsaturated/α-hetero) is 1. The van der Waals surface area contributed by atoms with Crippen LogP contribution in [0.3, 0.4) is 0 Å². The first-order valence-corrected chi connectivity index (χ1v) is 9.72. The maximum absolute atomic E-state index is 13.3. The minimum atomic E-state index is -0.652. The summed E-state index contributed by atoms with van der Waals surface area (Å²) in [6, 6.07) is 16.7. The van der Waals surface area contributed by atoms with Crippen LogP contribution in [0.5, 0.6) is 5.75 Å². The fourth-order valence-corrected chi connectivity index (χ4v) is 4.49. The van der Waals surface area contributed by atoms with E-state index in [0.717, 1.165) is 16.8 Å². The number of phenols is 1. The van der Waals surface area contributed by atoms with Gasteiger partial charge in [-0.1, -0.05) is 42.5 Å².